The number of carbonyl (C=O) groups excluding carboxylic acids is 1. The number of nitrogens with one attached hydrogen (secondary N) is 1. The molecule has 0 unspecified atom stereocenters. The zero-order chi connectivity index (χ0) is 19.7. The van der Waals surface area contributed by atoms with Crippen molar-refractivity contribution in [2.45, 2.75) is 25.8 Å². The molecule has 0 radical (unpaired) electrons. The number of fused-ring (bicyclic) bond motifs is 1. The smallest absolute Gasteiger partial charge is 0.247 e. The third-order valence-electron chi connectivity index (χ3n) is 4.76. The monoisotopic (exact) mass is 375 g/mol. The van der Waals surface area contributed by atoms with Crippen LogP contribution in [0.15, 0.2) is 59.4 Å². The predicted octanol–water partition coefficient (Wildman–Crippen LogP) is 3.89. The van der Waals surface area contributed by atoms with Gasteiger partial charge in [-0.2, -0.15) is 0 Å². The number of aromatic nitrogens is 2. The van der Waals surface area contributed by atoms with Gasteiger partial charge in [-0.3, -0.25) is 4.79 Å². The molecule has 1 N–H and O–H groups in total. The fourth-order valence-corrected chi connectivity index (χ4v) is 3.44. The summed E-state index contributed by atoms with van der Waals surface area (Å²) in [5, 5.41) is 11.0. The molecule has 0 saturated heterocycles. The second-order valence-corrected chi connectivity index (χ2v) is 7.45. The third kappa shape index (κ3) is 3.53. The van der Waals surface area contributed by atoms with Crippen molar-refractivity contribution in [3.8, 4) is 17.2 Å². The zero-order valence-electron chi connectivity index (χ0n) is 16.0. The Morgan fingerprint density at radius 3 is 2.68 bits per heavy atom. The molecule has 0 spiro atoms. The van der Waals surface area contributed by atoms with Crippen molar-refractivity contribution in [2.24, 2.45) is 0 Å². The van der Waals surface area contributed by atoms with Gasteiger partial charge in [-0.1, -0.05) is 18.2 Å². The molecule has 4 rings (SSSR count). The largest absolute Gasteiger partial charge is 0.497 e. The van der Waals surface area contributed by atoms with E-state index in [0.717, 1.165) is 29.0 Å². The van der Waals surface area contributed by atoms with Crippen molar-refractivity contribution in [2.75, 3.05) is 7.11 Å². The van der Waals surface area contributed by atoms with E-state index < -0.39 is 0 Å². The minimum atomic E-state index is -0.143. The summed E-state index contributed by atoms with van der Waals surface area (Å²) in [6.45, 7) is 4.25. The van der Waals surface area contributed by atoms with Crippen molar-refractivity contribution in [1.29, 1.82) is 0 Å². The summed E-state index contributed by atoms with van der Waals surface area (Å²) in [6, 6.07) is 13.1. The van der Waals surface area contributed by atoms with Gasteiger partial charge in [0.1, 0.15) is 5.75 Å². The highest BCUT2D eigenvalue weighted by atomic mass is 16.5. The van der Waals surface area contributed by atoms with Crippen LogP contribution in [0.4, 0.5) is 0 Å². The van der Waals surface area contributed by atoms with Gasteiger partial charge < -0.3 is 14.5 Å². The maximum atomic E-state index is 12.9. The van der Waals surface area contributed by atoms with Crippen LogP contribution in [0.2, 0.25) is 0 Å². The van der Waals surface area contributed by atoms with E-state index in [0.29, 0.717) is 11.5 Å². The first-order valence-electron chi connectivity index (χ1n) is 9.03. The molecule has 0 bridgehead atoms. The fourth-order valence-electron chi connectivity index (χ4n) is 3.44. The molecule has 2 aromatic carbocycles. The normalized spacial score (nSPS) is 16.3. The van der Waals surface area contributed by atoms with E-state index in [1.807, 2.05) is 12.1 Å². The minimum Gasteiger partial charge on any atom is -0.497 e. The van der Waals surface area contributed by atoms with E-state index in [1.165, 1.54) is 12.0 Å². The first-order chi connectivity index (χ1) is 13.4. The van der Waals surface area contributed by atoms with E-state index in [4.69, 9.17) is 9.15 Å². The van der Waals surface area contributed by atoms with Crippen LogP contribution in [0.3, 0.4) is 0 Å². The first kappa shape index (κ1) is 18.0. The molecule has 0 atom stereocenters. The molecule has 1 aliphatic heterocycles. The fraction of sp³-hybridized carbons (Fsp3) is 0.227. The van der Waals surface area contributed by atoms with Gasteiger partial charge in [0.05, 0.1) is 7.11 Å². The molecule has 1 aliphatic rings. The second kappa shape index (κ2) is 6.96. The number of rotatable bonds is 4. The number of hydrogen-bond acceptors (Lipinski definition) is 6. The standard InChI is InChI=1S/C22H21N3O3/c1-22(2)12-16-8-9-17(27-3)10-18(16)19(24-22)11-20(26)14-4-6-15(7-5-14)21-25-23-13-28-21/h4-11,13,24H,12H2,1-3H3. The Morgan fingerprint density at radius 1 is 1.21 bits per heavy atom. The Balaban J connectivity index is 1.67. The second-order valence-electron chi connectivity index (χ2n) is 7.45. The van der Waals surface area contributed by atoms with E-state index in [1.54, 1.807) is 37.5 Å². The van der Waals surface area contributed by atoms with Crippen LogP contribution < -0.4 is 10.1 Å². The summed E-state index contributed by atoms with van der Waals surface area (Å²) in [6.07, 6.45) is 3.80. The lowest BCUT2D eigenvalue weighted by Crippen LogP contribution is -2.43. The van der Waals surface area contributed by atoms with E-state index in [-0.39, 0.29) is 11.3 Å². The Morgan fingerprint density at radius 2 is 2.00 bits per heavy atom. The lowest BCUT2D eigenvalue weighted by molar-refractivity contribution is 0.104. The summed E-state index contributed by atoms with van der Waals surface area (Å²) in [5.74, 6) is 1.11. The molecule has 6 heteroatoms. The Labute approximate surface area is 163 Å². The van der Waals surface area contributed by atoms with Crippen LogP contribution in [0, 0.1) is 0 Å². The molecular formula is C22H21N3O3. The number of ether oxygens (including phenoxy) is 1. The molecule has 28 heavy (non-hydrogen) atoms. The van der Waals surface area contributed by atoms with Gasteiger partial charge in [0.25, 0.3) is 0 Å². The highest BCUT2D eigenvalue weighted by Crippen LogP contribution is 2.32. The number of nitrogens with zero attached hydrogens (tertiary/aromatic N) is 2. The SMILES string of the molecule is COc1ccc2c(c1)C(=CC(=O)c1ccc(-c3nnco3)cc1)NC(C)(C)C2. The number of methoxy groups -OCH3 is 1. The predicted molar refractivity (Wildman–Crippen MR) is 106 cm³/mol. The van der Waals surface area contributed by atoms with Gasteiger partial charge in [-0.05, 0) is 50.1 Å². The Hall–Kier alpha value is -3.41. The van der Waals surface area contributed by atoms with Gasteiger partial charge in [0.15, 0.2) is 5.78 Å². The Kier molecular flexibility index (Phi) is 4.47. The summed E-state index contributed by atoms with van der Waals surface area (Å²) in [5.41, 5.74) is 4.20. The highest BCUT2D eigenvalue weighted by molar-refractivity contribution is 6.08. The van der Waals surface area contributed by atoms with Crippen LogP contribution in [0.5, 0.6) is 5.75 Å². The van der Waals surface area contributed by atoms with Crippen molar-refractivity contribution in [3.05, 3.63) is 71.6 Å². The van der Waals surface area contributed by atoms with E-state index in [9.17, 15) is 4.79 Å². The van der Waals surface area contributed by atoms with E-state index >= 15 is 0 Å². The molecule has 0 fully saturated rings. The number of ketones is 1. The summed E-state index contributed by atoms with van der Waals surface area (Å²) in [4.78, 5) is 12.9. The zero-order valence-corrected chi connectivity index (χ0v) is 16.0. The van der Waals surface area contributed by atoms with Gasteiger partial charge in [-0.25, -0.2) is 0 Å². The van der Waals surface area contributed by atoms with Gasteiger partial charge in [0.2, 0.25) is 12.3 Å². The summed E-state index contributed by atoms with van der Waals surface area (Å²) in [7, 11) is 1.64. The average Bonchev–Trinajstić information content (AvgIpc) is 3.22. The van der Waals surface area contributed by atoms with Crippen molar-refractivity contribution in [3.63, 3.8) is 0 Å². The van der Waals surface area contributed by atoms with Crippen LogP contribution in [-0.2, 0) is 6.42 Å². The van der Waals surface area contributed by atoms with Gasteiger partial charge >= 0.3 is 0 Å². The molecule has 0 amide bonds. The minimum absolute atomic E-state index is 0.0777. The number of hydrogen-bond donors (Lipinski definition) is 1. The molecule has 1 aromatic heterocycles. The van der Waals surface area contributed by atoms with Crippen LogP contribution >= 0.6 is 0 Å². The maximum absolute atomic E-state index is 12.9. The highest BCUT2D eigenvalue weighted by Gasteiger charge is 2.28. The Bertz CT molecular complexity index is 1040. The molecule has 142 valence electrons. The average molecular weight is 375 g/mol. The lowest BCUT2D eigenvalue weighted by Gasteiger charge is -2.35. The molecule has 6 nitrogen and oxygen atoms in total. The third-order valence-corrected chi connectivity index (χ3v) is 4.76. The molecule has 2 heterocycles. The molecular weight excluding hydrogens is 354 g/mol. The van der Waals surface area contributed by atoms with Crippen LogP contribution in [-0.4, -0.2) is 28.6 Å². The van der Waals surface area contributed by atoms with Crippen LogP contribution in [0.1, 0.15) is 35.3 Å². The summed E-state index contributed by atoms with van der Waals surface area (Å²) >= 11 is 0. The summed E-state index contributed by atoms with van der Waals surface area (Å²) < 4.78 is 10.5. The van der Waals surface area contributed by atoms with Gasteiger partial charge in [0, 0.05) is 34.0 Å². The van der Waals surface area contributed by atoms with Gasteiger partial charge in [-0.15, -0.1) is 10.2 Å². The molecule has 0 saturated carbocycles. The topological polar surface area (TPSA) is 77.2 Å². The number of benzene rings is 2. The van der Waals surface area contributed by atoms with Crippen molar-refractivity contribution in [1.82, 2.24) is 15.5 Å². The van der Waals surface area contributed by atoms with Crippen LogP contribution in [0.25, 0.3) is 17.2 Å². The van der Waals surface area contributed by atoms with E-state index in [2.05, 4.69) is 35.4 Å². The maximum Gasteiger partial charge on any atom is 0.247 e. The first-order valence-corrected chi connectivity index (χ1v) is 9.03. The molecule has 3 aromatic rings. The quantitative estimate of drug-likeness (QED) is 0.551. The van der Waals surface area contributed by atoms with Crippen molar-refractivity contribution < 1.29 is 13.9 Å². The number of allylic oxidation sites excluding steroid dienone is 1. The lowest BCUT2D eigenvalue weighted by atomic mass is 9.85. The van der Waals surface area contributed by atoms with Crippen molar-refractivity contribution >= 4 is 11.5 Å². The molecule has 0 aliphatic carbocycles. The number of carbonyl (C=O) groups is 1.